The topological polar surface area (TPSA) is 18.5 Å². The molecule has 0 saturated carbocycles. The molecule has 0 spiro atoms. The highest BCUT2D eigenvalue weighted by Crippen LogP contribution is 2.02. The van der Waals surface area contributed by atoms with Crippen LogP contribution in [0.5, 0.6) is 5.75 Å². The van der Waals surface area contributed by atoms with Crippen LogP contribution in [0.1, 0.15) is 40.5 Å². The first kappa shape index (κ1) is 14.6. The zero-order chi connectivity index (χ0) is 13.4. The molecule has 0 atom stereocenters. The minimum Gasteiger partial charge on any atom is -0.498 e. The second-order valence-electron chi connectivity index (χ2n) is 4.26. The van der Waals surface area contributed by atoms with Crippen molar-refractivity contribution >= 4 is 11.8 Å². The van der Waals surface area contributed by atoms with Gasteiger partial charge in [-0.05, 0) is 32.8 Å². The van der Waals surface area contributed by atoms with Crippen LogP contribution in [0, 0.1) is 0 Å². The summed E-state index contributed by atoms with van der Waals surface area (Å²) in [5.41, 5.74) is 0. The second-order valence-corrected chi connectivity index (χ2v) is 4.26. The first-order chi connectivity index (χ1) is 8.74. The standard InChI is InChI=1S/C16H24O2/c1-5-11-17-13(4)15-9-8-10-16(14(15)7-3)18-12-6-2/h7-10H,5-6,11-12H2,1-4H3/b14-7+,15-13+. The molecule has 0 amide bonds. The number of hydrogen-bond donors (Lipinski definition) is 0. The summed E-state index contributed by atoms with van der Waals surface area (Å²) in [6, 6.07) is 6.12. The van der Waals surface area contributed by atoms with Crippen LogP contribution in [-0.4, -0.2) is 13.2 Å². The summed E-state index contributed by atoms with van der Waals surface area (Å²) in [4.78, 5) is 0. The Hall–Kier alpha value is -1.44. The Labute approximate surface area is 110 Å². The summed E-state index contributed by atoms with van der Waals surface area (Å²) in [7, 11) is 0. The van der Waals surface area contributed by atoms with Crippen LogP contribution in [0.25, 0.3) is 11.8 Å². The van der Waals surface area contributed by atoms with Gasteiger partial charge in [-0.3, -0.25) is 0 Å². The van der Waals surface area contributed by atoms with Crippen molar-refractivity contribution in [3.8, 4) is 5.75 Å². The normalized spacial score (nSPS) is 13.4. The quantitative estimate of drug-likeness (QED) is 0.770. The van der Waals surface area contributed by atoms with Crippen molar-refractivity contribution in [2.45, 2.75) is 40.5 Å². The van der Waals surface area contributed by atoms with E-state index in [9.17, 15) is 0 Å². The summed E-state index contributed by atoms with van der Waals surface area (Å²) in [5, 5.41) is 2.25. The van der Waals surface area contributed by atoms with Gasteiger partial charge < -0.3 is 9.47 Å². The highest BCUT2D eigenvalue weighted by Gasteiger charge is 2.00. The monoisotopic (exact) mass is 248 g/mol. The van der Waals surface area contributed by atoms with E-state index in [-0.39, 0.29) is 0 Å². The molecular formula is C16H24O2. The fourth-order valence-electron chi connectivity index (χ4n) is 1.82. The third kappa shape index (κ3) is 3.80. The van der Waals surface area contributed by atoms with E-state index in [0.29, 0.717) is 0 Å². The van der Waals surface area contributed by atoms with Crippen LogP contribution in [0.2, 0.25) is 0 Å². The molecule has 0 unspecified atom stereocenters. The van der Waals surface area contributed by atoms with E-state index < -0.39 is 0 Å². The molecule has 0 bridgehead atoms. The zero-order valence-electron chi connectivity index (χ0n) is 12.0. The van der Waals surface area contributed by atoms with Crippen molar-refractivity contribution in [2.75, 3.05) is 13.2 Å². The fourth-order valence-corrected chi connectivity index (χ4v) is 1.82. The fraction of sp³-hybridized carbons (Fsp3) is 0.500. The van der Waals surface area contributed by atoms with E-state index in [1.54, 1.807) is 0 Å². The molecule has 0 heterocycles. The Kier molecular flexibility index (Phi) is 6.34. The Morgan fingerprint density at radius 1 is 1.17 bits per heavy atom. The van der Waals surface area contributed by atoms with Crippen molar-refractivity contribution in [3.63, 3.8) is 0 Å². The van der Waals surface area contributed by atoms with E-state index in [4.69, 9.17) is 9.47 Å². The smallest absolute Gasteiger partial charge is 0.126 e. The molecular weight excluding hydrogens is 224 g/mol. The molecule has 1 rings (SSSR count). The number of rotatable bonds is 6. The average Bonchev–Trinajstić information content (AvgIpc) is 2.41. The maximum Gasteiger partial charge on any atom is 0.126 e. The second kappa shape index (κ2) is 7.80. The van der Waals surface area contributed by atoms with Gasteiger partial charge in [0.2, 0.25) is 0 Å². The van der Waals surface area contributed by atoms with E-state index >= 15 is 0 Å². The molecule has 0 aliphatic rings. The SMILES string of the molecule is C/C=c1/c(OCCC)ccc/c1=C(/C)OCCC. The van der Waals surface area contributed by atoms with Gasteiger partial charge in [-0.1, -0.05) is 32.1 Å². The van der Waals surface area contributed by atoms with Crippen LogP contribution in [0.4, 0.5) is 0 Å². The van der Waals surface area contributed by atoms with Crippen LogP contribution in [0.3, 0.4) is 0 Å². The zero-order valence-corrected chi connectivity index (χ0v) is 12.0. The van der Waals surface area contributed by atoms with Gasteiger partial charge in [0.1, 0.15) is 11.5 Å². The molecule has 0 aromatic heterocycles. The summed E-state index contributed by atoms with van der Waals surface area (Å²) in [6.07, 6.45) is 4.12. The molecule has 1 aromatic rings. The Balaban J connectivity index is 3.20. The lowest BCUT2D eigenvalue weighted by Crippen LogP contribution is -2.29. The van der Waals surface area contributed by atoms with Crippen molar-refractivity contribution in [2.24, 2.45) is 0 Å². The van der Waals surface area contributed by atoms with Crippen LogP contribution in [0.15, 0.2) is 18.2 Å². The lowest BCUT2D eigenvalue weighted by atomic mass is 10.2. The predicted molar refractivity (Wildman–Crippen MR) is 76.9 cm³/mol. The molecule has 2 heteroatoms. The molecule has 0 N–H and O–H groups in total. The van der Waals surface area contributed by atoms with Gasteiger partial charge in [-0.2, -0.15) is 0 Å². The van der Waals surface area contributed by atoms with Gasteiger partial charge in [0, 0.05) is 10.4 Å². The first-order valence-corrected chi connectivity index (χ1v) is 6.76. The van der Waals surface area contributed by atoms with Gasteiger partial charge in [-0.25, -0.2) is 0 Å². The van der Waals surface area contributed by atoms with Crippen molar-refractivity contribution < 1.29 is 9.47 Å². The Bertz CT molecular complexity index is 474. The van der Waals surface area contributed by atoms with Crippen molar-refractivity contribution in [1.29, 1.82) is 0 Å². The van der Waals surface area contributed by atoms with Crippen molar-refractivity contribution in [3.05, 3.63) is 28.6 Å². The maximum absolute atomic E-state index is 5.77. The van der Waals surface area contributed by atoms with E-state index in [2.05, 4.69) is 26.0 Å². The lowest BCUT2D eigenvalue weighted by molar-refractivity contribution is 0.269. The summed E-state index contributed by atoms with van der Waals surface area (Å²) >= 11 is 0. The van der Waals surface area contributed by atoms with E-state index in [1.165, 1.54) is 0 Å². The predicted octanol–water partition coefficient (Wildman–Crippen LogP) is 2.83. The Morgan fingerprint density at radius 2 is 1.89 bits per heavy atom. The van der Waals surface area contributed by atoms with Gasteiger partial charge >= 0.3 is 0 Å². The van der Waals surface area contributed by atoms with Gasteiger partial charge in [0.15, 0.2) is 0 Å². The molecule has 100 valence electrons. The van der Waals surface area contributed by atoms with E-state index in [0.717, 1.165) is 48.0 Å². The number of benzene rings is 1. The van der Waals surface area contributed by atoms with Crippen molar-refractivity contribution in [1.82, 2.24) is 0 Å². The number of ether oxygens (including phenoxy) is 2. The molecule has 0 fully saturated rings. The average molecular weight is 248 g/mol. The van der Waals surface area contributed by atoms with Crippen LogP contribution < -0.4 is 15.2 Å². The maximum atomic E-state index is 5.77. The molecule has 0 radical (unpaired) electrons. The minimum absolute atomic E-state index is 0.749. The molecule has 18 heavy (non-hydrogen) atoms. The first-order valence-electron chi connectivity index (χ1n) is 6.76. The number of hydrogen-bond acceptors (Lipinski definition) is 2. The molecule has 2 nitrogen and oxygen atoms in total. The lowest BCUT2D eigenvalue weighted by Gasteiger charge is -2.08. The van der Waals surface area contributed by atoms with Gasteiger partial charge in [-0.15, -0.1) is 0 Å². The largest absolute Gasteiger partial charge is 0.498 e. The third-order valence-electron chi connectivity index (χ3n) is 2.72. The molecule has 1 aromatic carbocycles. The van der Waals surface area contributed by atoms with Crippen LogP contribution >= 0.6 is 0 Å². The summed E-state index contributed by atoms with van der Waals surface area (Å²) < 4.78 is 11.5. The highest BCUT2D eigenvalue weighted by molar-refractivity contribution is 5.42. The third-order valence-corrected chi connectivity index (χ3v) is 2.72. The molecule has 0 aliphatic heterocycles. The minimum atomic E-state index is 0.749. The van der Waals surface area contributed by atoms with Gasteiger partial charge in [0.05, 0.1) is 13.2 Å². The molecule has 0 aliphatic carbocycles. The Morgan fingerprint density at radius 3 is 2.50 bits per heavy atom. The highest BCUT2D eigenvalue weighted by atomic mass is 16.5. The van der Waals surface area contributed by atoms with Crippen LogP contribution in [-0.2, 0) is 4.74 Å². The molecule has 0 saturated heterocycles. The summed E-state index contributed by atoms with van der Waals surface area (Å²) in [6.45, 7) is 9.78. The van der Waals surface area contributed by atoms with Gasteiger partial charge in [0.25, 0.3) is 0 Å². The summed E-state index contributed by atoms with van der Waals surface area (Å²) in [5.74, 6) is 1.91. The van der Waals surface area contributed by atoms with E-state index in [1.807, 2.05) is 26.0 Å².